The Bertz CT molecular complexity index is 377. The maximum Gasteiger partial charge on any atom is 0.178 e. The van der Waals surface area contributed by atoms with Gasteiger partial charge in [-0.05, 0) is 13.0 Å². The topological polar surface area (TPSA) is 52.0 Å². The molecule has 0 atom stereocenters. The smallest absolute Gasteiger partial charge is 0.178 e. The summed E-state index contributed by atoms with van der Waals surface area (Å²) in [4.78, 5) is 1.23. The van der Waals surface area contributed by atoms with Gasteiger partial charge >= 0.3 is 0 Å². The molecule has 2 rings (SSSR count). The summed E-state index contributed by atoms with van der Waals surface area (Å²) < 4.78 is 6.13. The summed E-state index contributed by atoms with van der Waals surface area (Å²) in [7, 11) is 0. The van der Waals surface area contributed by atoms with Gasteiger partial charge in [0.2, 0.25) is 0 Å². The lowest BCUT2D eigenvalue weighted by atomic mass is 10.4. The number of hydrogen-bond donors (Lipinski definition) is 1. The van der Waals surface area contributed by atoms with E-state index in [9.17, 15) is 0 Å². The first kappa shape index (κ1) is 6.82. The van der Waals surface area contributed by atoms with Crippen LogP contribution in [0.4, 0.5) is 0 Å². The monoisotopic (exact) mass is 168 g/mol. The van der Waals surface area contributed by atoms with Gasteiger partial charge in [-0.25, -0.2) is 0 Å². The van der Waals surface area contributed by atoms with E-state index in [0.29, 0.717) is 6.54 Å². The molecule has 0 aliphatic heterocycles. The SMILES string of the molecule is Cc1cc2onc(CN)c2s1. The maximum absolute atomic E-state index is 5.45. The largest absolute Gasteiger partial charge is 0.355 e. The highest BCUT2D eigenvalue weighted by Gasteiger charge is 2.08. The van der Waals surface area contributed by atoms with E-state index in [0.717, 1.165) is 16.0 Å². The van der Waals surface area contributed by atoms with Gasteiger partial charge in [0.25, 0.3) is 0 Å². The van der Waals surface area contributed by atoms with E-state index in [1.165, 1.54) is 4.88 Å². The molecule has 0 saturated heterocycles. The molecule has 0 amide bonds. The third-order valence-corrected chi connectivity index (χ3v) is 2.61. The number of fused-ring (bicyclic) bond motifs is 1. The molecule has 0 radical (unpaired) electrons. The first-order valence-corrected chi connectivity index (χ1v) is 4.17. The Kier molecular flexibility index (Phi) is 1.44. The Morgan fingerprint density at radius 2 is 2.55 bits per heavy atom. The predicted octanol–water partition coefficient (Wildman–Crippen LogP) is 1.66. The fraction of sp³-hybridized carbons (Fsp3) is 0.286. The van der Waals surface area contributed by atoms with Crippen LogP contribution in [0.25, 0.3) is 10.3 Å². The van der Waals surface area contributed by atoms with E-state index in [4.69, 9.17) is 10.3 Å². The van der Waals surface area contributed by atoms with Crippen LogP contribution in [0.15, 0.2) is 10.6 Å². The average Bonchev–Trinajstić information content (AvgIpc) is 2.45. The van der Waals surface area contributed by atoms with Crippen LogP contribution in [0.3, 0.4) is 0 Å². The molecule has 3 nitrogen and oxygen atoms in total. The summed E-state index contributed by atoms with van der Waals surface area (Å²) >= 11 is 1.67. The second-order valence-electron chi connectivity index (χ2n) is 2.38. The van der Waals surface area contributed by atoms with E-state index in [-0.39, 0.29) is 0 Å². The van der Waals surface area contributed by atoms with Crippen LogP contribution >= 0.6 is 11.3 Å². The van der Waals surface area contributed by atoms with Crippen molar-refractivity contribution in [1.82, 2.24) is 5.16 Å². The molecule has 2 aromatic heterocycles. The van der Waals surface area contributed by atoms with Gasteiger partial charge in [0.1, 0.15) is 5.69 Å². The number of thiophene rings is 1. The number of nitrogens with zero attached hydrogens (tertiary/aromatic N) is 1. The maximum atomic E-state index is 5.45. The number of hydrogen-bond acceptors (Lipinski definition) is 4. The van der Waals surface area contributed by atoms with Gasteiger partial charge in [-0.2, -0.15) is 0 Å². The van der Waals surface area contributed by atoms with E-state index in [2.05, 4.69) is 5.16 Å². The molecule has 0 aromatic carbocycles. The van der Waals surface area contributed by atoms with E-state index < -0.39 is 0 Å². The van der Waals surface area contributed by atoms with Gasteiger partial charge < -0.3 is 10.3 Å². The quantitative estimate of drug-likeness (QED) is 0.704. The van der Waals surface area contributed by atoms with Gasteiger partial charge in [0.15, 0.2) is 5.58 Å². The minimum Gasteiger partial charge on any atom is -0.355 e. The highest BCUT2D eigenvalue weighted by atomic mass is 32.1. The molecule has 11 heavy (non-hydrogen) atoms. The van der Waals surface area contributed by atoms with Crippen molar-refractivity contribution in [3.8, 4) is 0 Å². The Labute approximate surface area is 67.8 Å². The first-order chi connectivity index (χ1) is 5.31. The zero-order chi connectivity index (χ0) is 7.84. The molecule has 2 aromatic rings. The van der Waals surface area contributed by atoms with Crippen molar-refractivity contribution in [2.24, 2.45) is 5.73 Å². The van der Waals surface area contributed by atoms with Gasteiger partial charge in [-0.1, -0.05) is 5.16 Å². The van der Waals surface area contributed by atoms with Crippen LogP contribution in [0.5, 0.6) is 0 Å². The summed E-state index contributed by atoms with van der Waals surface area (Å²) in [5, 5.41) is 3.83. The van der Waals surface area contributed by atoms with Gasteiger partial charge in [-0.15, -0.1) is 11.3 Å². The van der Waals surface area contributed by atoms with Crippen molar-refractivity contribution in [3.05, 3.63) is 16.6 Å². The van der Waals surface area contributed by atoms with Crippen molar-refractivity contribution in [2.45, 2.75) is 13.5 Å². The van der Waals surface area contributed by atoms with Crippen LogP contribution in [0.2, 0.25) is 0 Å². The molecule has 0 bridgehead atoms. The molecule has 0 aliphatic carbocycles. The second kappa shape index (κ2) is 2.32. The molecule has 0 spiro atoms. The molecule has 58 valence electrons. The summed E-state index contributed by atoms with van der Waals surface area (Å²) in [6.07, 6.45) is 0. The zero-order valence-corrected chi connectivity index (χ0v) is 6.94. The van der Waals surface area contributed by atoms with Crippen molar-refractivity contribution in [3.63, 3.8) is 0 Å². The number of aromatic nitrogens is 1. The first-order valence-electron chi connectivity index (χ1n) is 3.36. The molecule has 0 aliphatic rings. The van der Waals surface area contributed by atoms with E-state index in [1.54, 1.807) is 11.3 Å². The van der Waals surface area contributed by atoms with E-state index >= 15 is 0 Å². The average molecular weight is 168 g/mol. The molecule has 4 heteroatoms. The fourth-order valence-electron chi connectivity index (χ4n) is 1.04. The van der Waals surface area contributed by atoms with Crippen molar-refractivity contribution >= 4 is 21.6 Å². The summed E-state index contributed by atoms with van der Waals surface area (Å²) in [5.74, 6) is 0. The van der Waals surface area contributed by atoms with Gasteiger partial charge in [-0.3, -0.25) is 0 Å². The van der Waals surface area contributed by atoms with Gasteiger partial charge in [0.05, 0.1) is 4.70 Å². The Morgan fingerprint density at radius 1 is 1.73 bits per heavy atom. The van der Waals surface area contributed by atoms with Crippen LogP contribution in [0, 0.1) is 6.92 Å². The number of rotatable bonds is 1. The highest BCUT2D eigenvalue weighted by Crippen LogP contribution is 2.27. The fourth-order valence-corrected chi connectivity index (χ4v) is 1.96. The van der Waals surface area contributed by atoms with Crippen LogP contribution in [-0.2, 0) is 6.54 Å². The minimum absolute atomic E-state index is 0.451. The highest BCUT2D eigenvalue weighted by molar-refractivity contribution is 7.19. The Morgan fingerprint density at radius 3 is 3.27 bits per heavy atom. The van der Waals surface area contributed by atoms with Crippen molar-refractivity contribution in [1.29, 1.82) is 0 Å². The van der Waals surface area contributed by atoms with Crippen molar-refractivity contribution in [2.75, 3.05) is 0 Å². The molecule has 2 N–H and O–H groups in total. The standard InChI is InChI=1S/C7H8N2OS/c1-4-2-6-7(11-4)5(3-8)9-10-6/h2H,3,8H2,1H3. The lowest BCUT2D eigenvalue weighted by molar-refractivity contribution is 0.446. The molecule has 0 fully saturated rings. The molecular weight excluding hydrogens is 160 g/mol. The summed E-state index contributed by atoms with van der Waals surface area (Å²) in [6, 6.07) is 1.98. The molecule has 0 unspecified atom stereocenters. The van der Waals surface area contributed by atoms with Crippen molar-refractivity contribution < 1.29 is 4.52 Å². The lowest BCUT2D eigenvalue weighted by Gasteiger charge is -1.81. The minimum atomic E-state index is 0.451. The van der Waals surface area contributed by atoms with Crippen LogP contribution in [-0.4, -0.2) is 5.16 Å². The van der Waals surface area contributed by atoms with Crippen LogP contribution in [0.1, 0.15) is 10.6 Å². The Hall–Kier alpha value is -0.870. The Balaban J connectivity index is 2.73. The predicted molar refractivity (Wildman–Crippen MR) is 44.5 cm³/mol. The molecular formula is C7H8N2OS. The van der Waals surface area contributed by atoms with Crippen LogP contribution < -0.4 is 5.73 Å². The third-order valence-electron chi connectivity index (χ3n) is 1.53. The summed E-state index contributed by atoms with van der Waals surface area (Å²) in [6.45, 7) is 2.49. The number of aryl methyl sites for hydroxylation is 1. The molecule has 0 saturated carbocycles. The normalized spacial score (nSPS) is 11.1. The second-order valence-corrected chi connectivity index (χ2v) is 3.64. The zero-order valence-electron chi connectivity index (χ0n) is 6.13. The summed E-state index contributed by atoms with van der Waals surface area (Å²) in [5.41, 5.74) is 7.17. The third kappa shape index (κ3) is 0.948. The number of nitrogens with two attached hydrogens (primary N) is 1. The van der Waals surface area contributed by atoms with Gasteiger partial charge in [0, 0.05) is 11.4 Å². The van der Waals surface area contributed by atoms with E-state index in [1.807, 2.05) is 13.0 Å². The lowest BCUT2D eigenvalue weighted by Crippen LogP contribution is -1.95. The molecule has 2 heterocycles.